The molecule has 0 amide bonds. The minimum atomic E-state index is -1.24. The summed E-state index contributed by atoms with van der Waals surface area (Å²) in [6, 6.07) is 5.75. The van der Waals surface area contributed by atoms with Crippen molar-refractivity contribution in [2.45, 2.75) is 24.2 Å². The molecule has 0 rings (SSSR count). The first-order chi connectivity index (χ1) is 12.2. The fourth-order valence-electron chi connectivity index (χ4n) is 2.65. The summed E-state index contributed by atoms with van der Waals surface area (Å²) in [4.78, 5) is 0. The summed E-state index contributed by atoms with van der Waals surface area (Å²) in [5.74, 6) is 9.52. The van der Waals surface area contributed by atoms with Crippen molar-refractivity contribution in [2.75, 3.05) is 72.2 Å². The Morgan fingerprint density at radius 2 is 0.640 bits per heavy atom. The first-order valence-corrected chi connectivity index (χ1v) is 16.8. The lowest BCUT2D eigenvalue weighted by Gasteiger charge is -2.32. The van der Waals surface area contributed by atoms with Gasteiger partial charge in [-0.3, -0.25) is 0 Å². The van der Waals surface area contributed by atoms with E-state index in [9.17, 15) is 0 Å². The van der Waals surface area contributed by atoms with Crippen molar-refractivity contribution in [2.24, 2.45) is 22.9 Å². The number of nitrogens with two attached hydrogens (primary N) is 4. The lowest BCUT2D eigenvalue weighted by molar-refractivity contribution is 1.11. The Kier molecular flexibility index (Phi) is 21.4. The van der Waals surface area contributed by atoms with Gasteiger partial charge in [-0.2, -0.15) is 47.0 Å². The van der Waals surface area contributed by atoms with Gasteiger partial charge in [0.25, 0.3) is 0 Å². The molecule has 0 fully saturated rings. The predicted octanol–water partition coefficient (Wildman–Crippen LogP) is 2.20. The Bertz CT molecular complexity index is 225. The van der Waals surface area contributed by atoms with E-state index < -0.39 is 8.07 Å². The SMILES string of the molecule is NCCSCC[Si](CCSCCN)(CCSCCN)CCSCCN. The summed E-state index contributed by atoms with van der Waals surface area (Å²) in [6.07, 6.45) is 0. The maximum atomic E-state index is 5.66. The highest BCUT2D eigenvalue weighted by Gasteiger charge is 2.31. The van der Waals surface area contributed by atoms with E-state index in [1.165, 1.54) is 47.2 Å². The molecule has 0 aliphatic heterocycles. The molecule has 0 aliphatic carbocycles. The zero-order chi connectivity index (χ0) is 18.6. The minimum absolute atomic E-state index is 0.796. The first-order valence-electron chi connectivity index (χ1n) is 9.36. The van der Waals surface area contributed by atoms with Gasteiger partial charge < -0.3 is 22.9 Å². The van der Waals surface area contributed by atoms with Crippen LogP contribution >= 0.6 is 47.0 Å². The Balaban J connectivity index is 4.62. The Morgan fingerprint density at radius 3 is 0.840 bits per heavy atom. The summed E-state index contributed by atoms with van der Waals surface area (Å²) >= 11 is 8.16. The van der Waals surface area contributed by atoms with Gasteiger partial charge in [-0.1, -0.05) is 0 Å². The predicted molar refractivity (Wildman–Crippen MR) is 130 cm³/mol. The summed E-state index contributed by atoms with van der Waals surface area (Å²) in [7, 11) is -1.24. The second kappa shape index (κ2) is 20.2. The van der Waals surface area contributed by atoms with Crippen LogP contribution in [0.25, 0.3) is 0 Å². The van der Waals surface area contributed by atoms with Crippen LogP contribution in [0.15, 0.2) is 0 Å². The van der Waals surface area contributed by atoms with Crippen molar-refractivity contribution < 1.29 is 0 Å². The molecule has 0 aliphatic rings. The minimum Gasteiger partial charge on any atom is -0.330 e. The van der Waals surface area contributed by atoms with Crippen LogP contribution in [0.5, 0.6) is 0 Å². The molecule has 0 heterocycles. The van der Waals surface area contributed by atoms with Crippen LogP contribution in [0, 0.1) is 0 Å². The lowest BCUT2D eigenvalue weighted by Crippen LogP contribution is -2.37. The molecule has 0 saturated carbocycles. The van der Waals surface area contributed by atoms with Gasteiger partial charge in [0.15, 0.2) is 0 Å². The van der Waals surface area contributed by atoms with Crippen LogP contribution in [-0.4, -0.2) is 80.3 Å². The fourth-order valence-corrected chi connectivity index (χ4v) is 14.9. The number of hydrogen-bond donors (Lipinski definition) is 4. The third kappa shape index (κ3) is 16.1. The molecule has 0 aromatic carbocycles. The highest BCUT2D eigenvalue weighted by atomic mass is 32.2. The zero-order valence-electron chi connectivity index (χ0n) is 15.8. The second-order valence-corrected chi connectivity index (χ2v) is 16.0. The second-order valence-electron chi connectivity index (χ2n) is 6.10. The van der Waals surface area contributed by atoms with Crippen molar-refractivity contribution in [3.63, 3.8) is 0 Å². The van der Waals surface area contributed by atoms with Crippen molar-refractivity contribution in [1.82, 2.24) is 0 Å². The van der Waals surface area contributed by atoms with Crippen molar-refractivity contribution in [1.29, 1.82) is 0 Å². The third-order valence-corrected chi connectivity index (χ3v) is 14.9. The van der Waals surface area contributed by atoms with Gasteiger partial charge in [0, 0.05) is 49.2 Å². The Morgan fingerprint density at radius 1 is 0.400 bits per heavy atom. The zero-order valence-corrected chi connectivity index (χ0v) is 20.0. The maximum absolute atomic E-state index is 5.66. The number of thioether (sulfide) groups is 4. The molecule has 152 valence electrons. The van der Waals surface area contributed by atoms with E-state index in [2.05, 4.69) is 0 Å². The standard InChI is InChI=1S/C16H40N4S4Si/c17-1-5-21-9-13-25(14-10-22-6-2-18,15-11-23-7-3-19)16-12-24-8-4-20/h1-20H2. The Labute approximate surface area is 173 Å². The highest BCUT2D eigenvalue weighted by Crippen LogP contribution is 2.32. The van der Waals surface area contributed by atoms with E-state index >= 15 is 0 Å². The Hall–Kier alpha value is 1.46. The molecule has 0 saturated heterocycles. The quantitative estimate of drug-likeness (QED) is 0.167. The topological polar surface area (TPSA) is 104 Å². The van der Waals surface area contributed by atoms with Gasteiger partial charge in [0.2, 0.25) is 0 Å². The summed E-state index contributed by atoms with van der Waals surface area (Å²) in [6.45, 7) is 3.18. The summed E-state index contributed by atoms with van der Waals surface area (Å²) in [5.41, 5.74) is 22.7. The molecule has 25 heavy (non-hydrogen) atoms. The fraction of sp³-hybridized carbons (Fsp3) is 1.00. The molecular formula is C16H40N4S4Si. The van der Waals surface area contributed by atoms with E-state index in [1.54, 1.807) is 0 Å². The van der Waals surface area contributed by atoms with Crippen LogP contribution < -0.4 is 22.9 Å². The lowest BCUT2D eigenvalue weighted by atomic mass is 10.8. The van der Waals surface area contributed by atoms with E-state index in [0.717, 1.165) is 49.2 Å². The molecule has 0 unspecified atom stereocenters. The van der Waals surface area contributed by atoms with Gasteiger partial charge in [-0.25, -0.2) is 0 Å². The van der Waals surface area contributed by atoms with E-state index in [4.69, 9.17) is 22.9 Å². The van der Waals surface area contributed by atoms with Crippen LogP contribution in [0.2, 0.25) is 24.2 Å². The van der Waals surface area contributed by atoms with Crippen molar-refractivity contribution in [3.05, 3.63) is 0 Å². The molecule has 0 atom stereocenters. The van der Waals surface area contributed by atoms with Gasteiger partial charge in [-0.05, 0) is 47.2 Å². The van der Waals surface area contributed by atoms with E-state index in [0.29, 0.717) is 0 Å². The molecule has 0 radical (unpaired) electrons. The number of hydrogen-bond acceptors (Lipinski definition) is 8. The smallest absolute Gasteiger partial charge is 0.0568 e. The molecule has 0 spiro atoms. The molecule has 4 nitrogen and oxygen atoms in total. The summed E-state index contributed by atoms with van der Waals surface area (Å²) in [5, 5.41) is 0. The van der Waals surface area contributed by atoms with Gasteiger partial charge in [0.05, 0.1) is 8.07 Å². The third-order valence-electron chi connectivity index (χ3n) is 4.16. The van der Waals surface area contributed by atoms with Crippen LogP contribution in [0.1, 0.15) is 0 Å². The molecule has 0 bridgehead atoms. The van der Waals surface area contributed by atoms with E-state index in [1.807, 2.05) is 47.0 Å². The number of rotatable bonds is 20. The monoisotopic (exact) mass is 444 g/mol. The molecule has 8 N–H and O–H groups in total. The van der Waals surface area contributed by atoms with Gasteiger partial charge >= 0.3 is 0 Å². The summed E-state index contributed by atoms with van der Waals surface area (Å²) < 4.78 is 0. The molecule has 0 aromatic rings. The van der Waals surface area contributed by atoms with Crippen molar-refractivity contribution in [3.8, 4) is 0 Å². The average Bonchev–Trinajstić information content (AvgIpc) is 2.63. The van der Waals surface area contributed by atoms with Gasteiger partial charge in [-0.15, -0.1) is 0 Å². The van der Waals surface area contributed by atoms with E-state index in [-0.39, 0.29) is 0 Å². The van der Waals surface area contributed by atoms with Crippen LogP contribution in [-0.2, 0) is 0 Å². The first kappa shape index (κ1) is 26.5. The maximum Gasteiger partial charge on any atom is 0.0568 e. The largest absolute Gasteiger partial charge is 0.330 e. The molecule has 9 heteroatoms. The normalized spacial score (nSPS) is 12.0. The van der Waals surface area contributed by atoms with Crippen LogP contribution in [0.4, 0.5) is 0 Å². The molecule has 0 aromatic heterocycles. The highest BCUT2D eigenvalue weighted by molar-refractivity contribution is 8.00. The van der Waals surface area contributed by atoms with Gasteiger partial charge in [0.1, 0.15) is 0 Å². The molecular weight excluding hydrogens is 405 g/mol. The van der Waals surface area contributed by atoms with Crippen molar-refractivity contribution >= 4 is 55.1 Å². The average molecular weight is 445 g/mol. The van der Waals surface area contributed by atoms with Crippen LogP contribution in [0.3, 0.4) is 0 Å².